The minimum atomic E-state index is 0.302. The van der Waals surface area contributed by atoms with E-state index in [-0.39, 0.29) is 0 Å². The van der Waals surface area contributed by atoms with Crippen LogP contribution in [0.25, 0.3) is 72.2 Å². The van der Waals surface area contributed by atoms with Gasteiger partial charge in [0.2, 0.25) is 0 Å². The van der Waals surface area contributed by atoms with Crippen molar-refractivity contribution >= 4 is 48.8 Å². The fraction of sp³-hybridized carbons (Fsp3) is 0.0577. The van der Waals surface area contributed by atoms with Crippen molar-refractivity contribution in [3.63, 3.8) is 0 Å². The van der Waals surface area contributed by atoms with Crippen molar-refractivity contribution in [3.8, 4) is 39.3 Å². The molecule has 1 atom stereocenters. The summed E-state index contributed by atoms with van der Waals surface area (Å²) in [5.74, 6) is 1.27. The summed E-state index contributed by atoms with van der Waals surface area (Å²) in [5, 5.41) is 2.49. The van der Waals surface area contributed by atoms with Gasteiger partial charge in [0.05, 0.1) is 28.6 Å². The molecular formula is C52H36BrN3. The summed E-state index contributed by atoms with van der Waals surface area (Å²) in [6.07, 6.45) is 0.994. The summed E-state index contributed by atoms with van der Waals surface area (Å²) in [5.41, 5.74) is 17.1. The number of fused-ring (bicyclic) bond motifs is 7. The number of aromatic nitrogens is 3. The van der Waals surface area contributed by atoms with Gasteiger partial charge in [0, 0.05) is 32.4 Å². The van der Waals surface area contributed by atoms with Crippen LogP contribution in [-0.2, 0) is 13.0 Å². The van der Waals surface area contributed by atoms with Crippen molar-refractivity contribution in [1.82, 2.24) is 14.1 Å². The Labute approximate surface area is 334 Å². The molecule has 0 bridgehead atoms. The van der Waals surface area contributed by atoms with Gasteiger partial charge in [-0.2, -0.15) is 0 Å². The van der Waals surface area contributed by atoms with E-state index in [0.29, 0.717) is 12.5 Å². The van der Waals surface area contributed by atoms with E-state index in [1.165, 1.54) is 60.8 Å². The Balaban J connectivity index is 1.07. The molecule has 0 amide bonds. The molecule has 0 spiro atoms. The largest absolute Gasteiger partial charge is 0.319 e. The molecule has 1 aliphatic carbocycles. The highest BCUT2D eigenvalue weighted by Crippen LogP contribution is 2.45. The summed E-state index contributed by atoms with van der Waals surface area (Å²) in [4.78, 5) is 5.48. The standard InChI is InChI=1S/C52H36BrN3/c53-47-21-11-8-16-39(47)33-55-51-28-25-36(35-24-27-50-46(29-35)43-20-10-12-22-49(43)56(50)40-17-5-2-6-18-40)32-48(51)54-52(55)38-23-26-42-44(34-13-3-1-4-14-34)30-37-15-7-9-19-41(37)45(42)31-38/h1-29,31-32,44H,30,33H2. The Hall–Kier alpha value is -6.49. The van der Waals surface area contributed by atoms with Crippen LogP contribution < -0.4 is 0 Å². The van der Waals surface area contributed by atoms with Crippen LogP contribution in [0.1, 0.15) is 28.2 Å². The normalized spacial score (nSPS) is 13.6. The first-order valence-corrected chi connectivity index (χ1v) is 20.1. The Morgan fingerprint density at radius 3 is 2.07 bits per heavy atom. The molecule has 56 heavy (non-hydrogen) atoms. The molecule has 0 radical (unpaired) electrons. The molecule has 8 aromatic carbocycles. The molecule has 3 nitrogen and oxygen atoms in total. The van der Waals surface area contributed by atoms with Gasteiger partial charge in [0.15, 0.2) is 0 Å². The minimum Gasteiger partial charge on any atom is -0.319 e. The molecule has 0 saturated carbocycles. The number of nitrogens with zero attached hydrogens (tertiary/aromatic N) is 3. The van der Waals surface area contributed by atoms with Gasteiger partial charge in [-0.3, -0.25) is 0 Å². The summed E-state index contributed by atoms with van der Waals surface area (Å²) in [7, 11) is 0. The first-order chi connectivity index (χ1) is 27.7. The van der Waals surface area contributed by atoms with Crippen LogP contribution in [0.2, 0.25) is 0 Å². The van der Waals surface area contributed by atoms with E-state index in [9.17, 15) is 0 Å². The van der Waals surface area contributed by atoms with Crippen molar-refractivity contribution in [2.75, 3.05) is 0 Å². The Kier molecular flexibility index (Phi) is 7.85. The van der Waals surface area contributed by atoms with Gasteiger partial charge in [0.1, 0.15) is 5.82 Å². The van der Waals surface area contributed by atoms with E-state index >= 15 is 0 Å². The number of rotatable bonds is 6. The Morgan fingerprint density at radius 1 is 0.536 bits per heavy atom. The first kappa shape index (κ1) is 32.9. The lowest BCUT2D eigenvalue weighted by Gasteiger charge is -2.29. The van der Waals surface area contributed by atoms with Crippen LogP contribution >= 0.6 is 15.9 Å². The molecule has 0 aliphatic heterocycles. The fourth-order valence-corrected chi connectivity index (χ4v) is 9.41. The molecule has 10 aromatic rings. The minimum absolute atomic E-state index is 0.302. The predicted octanol–water partition coefficient (Wildman–Crippen LogP) is 13.6. The van der Waals surface area contributed by atoms with Crippen LogP contribution in [0.15, 0.2) is 193 Å². The molecule has 0 N–H and O–H groups in total. The van der Waals surface area contributed by atoms with Gasteiger partial charge in [0.25, 0.3) is 0 Å². The number of para-hydroxylation sites is 2. The SMILES string of the molecule is Brc1ccccc1Cn1c(-c2ccc3c(c2)-c2ccccc2CC3c2ccccc2)nc2cc(-c3ccc4c(c3)c3ccccc3n4-c3ccccc3)ccc21. The van der Waals surface area contributed by atoms with Crippen molar-refractivity contribution in [2.45, 2.75) is 18.9 Å². The quantitative estimate of drug-likeness (QED) is 0.165. The van der Waals surface area contributed by atoms with Crippen molar-refractivity contribution in [1.29, 1.82) is 0 Å². The third kappa shape index (κ3) is 5.44. The maximum atomic E-state index is 5.48. The summed E-state index contributed by atoms with van der Waals surface area (Å²) in [6, 6.07) is 68.4. The highest BCUT2D eigenvalue weighted by Gasteiger charge is 2.27. The molecule has 0 fully saturated rings. The van der Waals surface area contributed by atoms with E-state index in [1.54, 1.807) is 0 Å². The third-order valence-corrected chi connectivity index (χ3v) is 12.4. The van der Waals surface area contributed by atoms with E-state index in [1.807, 2.05) is 0 Å². The molecule has 4 heteroatoms. The highest BCUT2D eigenvalue weighted by molar-refractivity contribution is 9.10. The average molecular weight is 783 g/mol. The Morgan fingerprint density at radius 2 is 1.21 bits per heavy atom. The smallest absolute Gasteiger partial charge is 0.141 e. The number of hydrogen-bond donors (Lipinski definition) is 0. The molecule has 2 heterocycles. The monoisotopic (exact) mass is 781 g/mol. The van der Waals surface area contributed by atoms with Crippen molar-refractivity contribution in [2.24, 2.45) is 0 Å². The molecule has 1 aliphatic rings. The number of benzene rings is 8. The molecule has 2 aromatic heterocycles. The summed E-state index contributed by atoms with van der Waals surface area (Å²) < 4.78 is 5.85. The number of hydrogen-bond acceptors (Lipinski definition) is 1. The second kappa shape index (κ2) is 13.4. The first-order valence-electron chi connectivity index (χ1n) is 19.3. The lowest BCUT2D eigenvalue weighted by atomic mass is 9.75. The van der Waals surface area contributed by atoms with Crippen LogP contribution in [0.5, 0.6) is 0 Å². The second-order valence-corrected chi connectivity index (χ2v) is 15.7. The zero-order chi connectivity index (χ0) is 37.2. The number of imidazole rings is 1. The van der Waals surface area contributed by atoms with Crippen LogP contribution in [0.3, 0.4) is 0 Å². The van der Waals surface area contributed by atoms with Crippen LogP contribution in [0, 0.1) is 0 Å². The zero-order valence-corrected chi connectivity index (χ0v) is 32.2. The van der Waals surface area contributed by atoms with Gasteiger partial charge in [-0.1, -0.05) is 149 Å². The zero-order valence-electron chi connectivity index (χ0n) is 30.6. The lowest BCUT2D eigenvalue weighted by Crippen LogP contribution is -2.13. The van der Waals surface area contributed by atoms with E-state index in [0.717, 1.165) is 44.6 Å². The maximum Gasteiger partial charge on any atom is 0.141 e. The van der Waals surface area contributed by atoms with E-state index in [2.05, 4.69) is 213 Å². The molecular weight excluding hydrogens is 746 g/mol. The molecule has 266 valence electrons. The highest BCUT2D eigenvalue weighted by atomic mass is 79.9. The molecule has 11 rings (SSSR count). The van der Waals surface area contributed by atoms with Gasteiger partial charge in [-0.25, -0.2) is 4.98 Å². The molecule has 1 unspecified atom stereocenters. The van der Waals surface area contributed by atoms with Crippen LogP contribution in [0.4, 0.5) is 0 Å². The number of halogens is 1. The topological polar surface area (TPSA) is 22.8 Å². The second-order valence-electron chi connectivity index (χ2n) is 14.9. The van der Waals surface area contributed by atoms with E-state index in [4.69, 9.17) is 4.98 Å². The fourth-order valence-electron chi connectivity index (χ4n) is 9.00. The third-order valence-electron chi connectivity index (χ3n) is 11.7. The Bertz CT molecular complexity index is 3100. The van der Waals surface area contributed by atoms with Crippen molar-refractivity contribution < 1.29 is 0 Å². The lowest BCUT2D eigenvalue weighted by molar-refractivity contribution is 0.793. The van der Waals surface area contributed by atoms with Crippen molar-refractivity contribution in [3.05, 3.63) is 215 Å². The average Bonchev–Trinajstić information content (AvgIpc) is 3.79. The van der Waals surface area contributed by atoms with Gasteiger partial charge in [-0.15, -0.1) is 0 Å². The maximum absolute atomic E-state index is 5.48. The predicted molar refractivity (Wildman–Crippen MR) is 236 cm³/mol. The van der Waals surface area contributed by atoms with Gasteiger partial charge in [-0.05, 0) is 106 Å². The van der Waals surface area contributed by atoms with Crippen LogP contribution in [-0.4, -0.2) is 14.1 Å². The van der Waals surface area contributed by atoms with Gasteiger partial charge >= 0.3 is 0 Å². The summed E-state index contributed by atoms with van der Waals surface area (Å²) >= 11 is 3.84. The van der Waals surface area contributed by atoms with Gasteiger partial charge < -0.3 is 9.13 Å². The van der Waals surface area contributed by atoms with E-state index < -0.39 is 0 Å². The molecule has 0 saturated heterocycles. The summed E-state index contributed by atoms with van der Waals surface area (Å²) in [6.45, 7) is 0.692.